The van der Waals surface area contributed by atoms with Crippen LogP contribution in [0.15, 0.2) is 158 Å². The first-order chi connectivity index (χ1) is 53.2. The maximum absolute atomic E-state index is 13.0. The highest BCUT2D eigenvalue weighted by Crippen LogP contribution is 2.45. The summed E-state index contributed by atoms with van der Waals surface area (Å²) in [6.45, 7) is 2.40. The summed E-state index contributed by atoms with van der Waals surface area (Å²) >= 11 is 0. The van der Waals surface area contributed by atoms with E-state index in [1.165, 1.54) is 122 Å². The summed E-state index contributed by atoms with van der Waals surface area (Å²) in [5.74, 6) is -1.62. The molecule has 0 bridgehead atoms. The molecule has 18 heteroatoms. The number of carbonyl (C=O) groups excluding carboxylic acids is 3. The zero-order valence-corrected chi connectivity index (χ0v) is 70.2. The first-order valence-corrected chi connectivity index (χ1v) is 45.8. The summed E-state index contributed by atoms with van der Waals surface area (Å²) in [5, 5.41) is 20.7. The Morgan fingerprint density at radius 3 is 0.771 bits per heavy atom. The van der Waals surface area contributed by atoms with Gasteiger partial charge in [0.15, 0.2) is 6.10 Å². The molecular weight excluding hydrogens is 1410 g/mol. The van der Waals surface area contributed by atoms with Crippen LogP contribution in [0.2, 0.25) is 0 Å². The molecule has 0 saturated heterocycles. The highest BCUT2D eigenvalue weighted by molar-refractivity contribution is 7.47. The van der Waals surface area contributed by atoms with Crippen molar-refractivity contribution in [1.29, 1.82) is 0 Å². The molecule has 0 aliphatic carbocycles. The second-order valence-corrected chi connectivity index (χ2v) is 31.1. The Kier molecular flexibility index (Phi) is 79.0. The number of rotatable bonds is 80. The fraction of sp³-hybridized carbons (Fsp3) is 0.681. The number of carbonyl (C=O) groups is 3. The van der Waals surface area contributed by atoms with E-state index in [0.717, 1.165) is 161 Å². The van der Waals surface area contributed by atoms with Crippen molar-refractivity contribution in [2.45, 2.75) is 360 Å². The van der Waals surface area contributed by atoms with Gasteiger partial charge in [0.1, 0.15) is 25.4 Å². The van der Waals surface area contributed by atoms with Gasteiger partial charge in [-0.05, 0) is 148 Å². The van der Waals surface area contributed by atoms with E-state index in [9.17, 15) is 43.5 Å². The largest absolute Gasteiger partial charge is 0.472 e. The van der Waals surface area contributed by atoms with E-state index >= 15 is 0 Å². The molecule has 0 heterocycles. The number of unbranched alkanes of at least 4 members (excludes halogenated alkanes) is 31. The lowest BCUT2D eigenvalue weighted by Gasteiger charge is -2.21. The van der Waals surface area contributed by atoms with Gasteiger partial charge in [-0.25, -0.2) is 9.13 Å². The van der Waals surface area contributed by atoms with Gasteiger partial charge in [0.2, 0.25) is 0 Å². The molecule has 0 amide bonds. The standard InChI is InChI=1S/C91H154O16P2/c1-4-7-10-13-16-19-22-25-28-30-32-34-36-37-38-39-40-41-42-43-44-45-46-47-49-51-52-54-57-59-62-65-68-71-74-77-89(94)101-80-86(92)81-103-108(97,98)104-82-87(93)83-105-109(99,100)106-85-88(107-91(96)79-76-73-70-67-64-61-56-27-24-21-18-15-12-9-6-3)84-102-90(95)78-75-72-69-66-63-60-58-55-53-50-48-35-33-31-29-26-23-20-17-14-11-8-5-2/h7-8,10-11,16-21,25-29,32-35,37-38,50,53,56,58,60,86-88,92-93H,4-6,9,12-15,22-24,30-31,36,39-49,51-52,54-55,57,59,61-85H2,1-3H3,(H,97,98)(H,99,100)/b10-7-,11-8-,19-16-,20-17-,21-18-,28-25-,29-26-,34-32-,35-33-,38-37-,53-50-,56-27-,60-58-. The van der Waals surface area contributed by atoms with E-state index in [4.69, 9.17) is 32.3 Å². The molecule has 5 atom stereocenters. The molecule has 0 aromatic heterocycles. The summed E-state index contributed by atoms with van der Waals surface area (Å²) in [5.41, 5.74) is 0. The summed E-state index contributed by atoms with van der Waals surface area (Å²) in [6, 6.07) is 0. The number of hydrogen-bond donors (Lipinski definition) is 4. The number of phosphoric ester groups is 2. The lowest BCUT2D eigenvalue weighted by atomic mass is 10.0. The van der Waals surface area contributed by atoms with Crippen molar-refractivity contribution < 1.29 is 75.8 Å². The number of hydrogen-bond acceptors (Lipinski definition) is 14. The Hall–Kier alpha value is -4.83. The lowest BCUT2D eigenvalue weighted by molar-refractivity contribution is -0.161. The van der Waals surface area contributed by atoms with Crippen LogP contribution in [-0.4, -0.2) is 95.9 Å². The maximum atomic E-state index is 13.0. The maximum Gasteiger partial charge on any atom is 0.472 e. The SMILES string of the molecule is CC/C=C\C/C=C\C/C=C\C/C=C\C/C=C\C/C=C\CCCCCCC(=O)OCC(COP(=O)(O)OCC(O)COP(=O)(O)OCC(O)COC(=O)CCCCCCCCCCCCCCCCCCCCC/C=C\C/C=C\C/C=C\C/C=C\C/C=C\CC)OC(=O)CCCCCCC/C=C\C/C=C\CCCCC. The zero-order valence-electron chi connectivity index (χ0n) is 68.4. The molecule has 109 heavy (non-hydrogen) atoms. The van der Waals surface area contributed by atoms with Crippen molar-refractivity contribution in [3.63, 3.8) is 0 Å². The van der Waals surface area contributed by atoms with Crippen molar-refractivity contribution in [2.24, 2.45) is 0 Å². The molecule has 0 aromatic carbocycles. The van der Waals surface area contributed by atoms with Crippen molar-refractivity contribution in [3.8, 4) is 0 Å². The van der Waals surface area contributed by atoms with E-state index in [-0.39, 0.29) is 19.3 Å². The third-order valence-electron chi connectivity index (χ3n) is 17.7. The molecule has 5 unspecified atom stereocenters. The van der Waals surface area contributed by atoms with Crippen molar-refractivity contribution in [2.75, 3.05) is 39.6 Å². The smallest absolute Gasteiger partial charge is 0.463 e. The highest BCUT2D eigenvalue weighted by atomic mass is 31.2. The van der Waals surface area contributed by atoms with Crippen LogP contribution in [0.1, 0.15) is 342 Å². The third kappa shape index (κ3) is 83.9. The third-order valence-corrected chi connectivity index (χ3v) is 19.6. The first kappa shape index (κ1) is 104. The summed E-state index contributed by atoms with van der Waals surface area (Å²) in [4.78, 5) is 58.7. The minimum atomic E-state index is -4.95. The minimum absolute atomic E-state index is 0.0787. The van der Waals surface area contributed by atoms with Crippen LogP contribution in [0.4, 0.5) is 0 Å². The van der Waals surface area contributed by atoms with E-state index in [2.05, 4.69) is 179 Å². The molecule has 0 aliphatic rings. The molecule has 4 N–H and O–H groups in total. The number of aliphatic hydroxyl groups is 2. The molecule has 0 fully saturated rings. The van der Waals surface area contributed by atoms with E-state index in [0.29, 0.717) is 19.3 Å². The van der Waals surface area contributed by atoms with Crippen molar-refractivity contribution in [1.82, 2.24) is 0 Å². The fourth-order valence-corrected chi connectivity index (χ4v) is 12.9. The molecule has 0 spiro atoms. The lowest BCUT2D eigenvalue weighted by Crippen LogP contribution is -2.30. The molecule has 0 aliphatic heterocycles. The van der Waals surface area contributed by atoms with Gasteiger partial charge in [-0.2, -0.15) is 0 Å². The number of allylic oxidation sites excluding steroid dienone is 26. The predicted octanol–water partition coefficient (Wildman–Crippen LogP) is 25.8. The second kappa shape index (κ2) is 82.6. The summed E-state index contributed by atoms with van der Waals surface area (Å²) in [7, 11) is -9.81. The van der Waals surface area contributed by atoms with Crippen LogP contribution >= 0.6 is 15.6 Å². The van der Waals surface area contributed by atoms with Gasteiger partial charge < -0.3 is 34.2 Å². The van der Waals surface area contributed by atoms with Crippen LogP contribution in [-0.2, 0) is 55.8 Å². The monoisotopic (exact) mass is 1570 g/mol. The van der Waals surface area contributed by atoms with Crippen LogP contribution in [0.3, 0.4) is 0 Å². The van der Waals surface area contributed by atoms with E-state index in [1.54, 1.807) is 0 Å². The Morgan fingerprint density at radius 2 is 0.486 bits per heavy atom. The quantitative estimate of drug-likeness (QED) is 0.0146. The summed E-state index contributed by atoms with van der Waals surface area (Å²) < 4.78 is 61.2. The average Bonchev–Trinajstić information content (AvgIpc) is 0.916. The van der Waals surface area contributed by atoms with Crippen molar-refractivity contribution >= 4 is 33.6 Å². The molecule has 0 radical (unpaired) electrons. The predicted molar refractivity (Wildman–Crippen MR) is 454 cm³/mol. The van der Waals surface area contributed by atoms with Gasteiger partial charge in [0.25, 0.3) is 0 Å². The molecule has 0 saturated carbocycles. The molecule has 16 nitrogen and oxygen atoms in total. The number of aliphatic hydroxyl groups excluding tert-OH is 2. The Balaban J connectivity index is 4.46. The minimum Gasteiger partial charge on any atom is -0.463 e. The molecule has 624 valence electrons. The van der Waals surface area contributed by atoms with E-state index in [1.807, 2.05) is 0 Å². The van der Waals surface area contributed by atoms with Crippen molar-refractivity contribution in [3.05, 3.63) is 158 Å². The Morgan fingerprint density at radius 1 is 0.266 bits per heavy atom. The van der Waals surface area contributed by atoms with Crippen LogP contribution in [0, 0.1) is 0 Å². The van der Waals surface area contributed by atoms with Gasteiger partial charge in [0, 0.05) is 19.3 Å². The topological polar surface area (TPSA) is 231 Å². The molecule has 0 rings (SSSR count). The number of esters is 3. The molecular formula is C91H154O16P2. The van der Waals surface area contributed by atoms with Gasteiger partial charge in [-0.3, -0.25) is 32.5 Å². The van der Waals surface area contributed by atoms with E-state index < -0.39 is 91.5 Å². The van der Waals surface area contributed by atoms with Crippen LogP contribution in [0.5, 0.6) is 0 Å². The first-order valence-electron chi connectivity index (χ1n) is 42.8. The van der Waals surface area contributed by atoms with Gasteiger partial charge in [0.05, 0.1) is 26.4 Å². The average molecular weight is 1570 g/mol. The Bertz CT molecular complexity index is 2610. The zero-order chi connectivity index (χ0) is 79.4. The normalized spacial score (nSPS) is 14.7. The fourth-order valence-electron chi connectivity index (χ4n) is 11.3. The highest BCUT2D eigenvalue weighted by Gasteiger charge is 2.29. The van der Waals surface area contributed by atoms with Crippen LogP contribution < -0.4 is 0 Å². The number of ether oxygens (including phenoxy) is 3. The van der Waals surface area contributed by atoms with Gasteiger partial charge in [-0.1, -0.05) is 333 Å². The van der Waals surface area contributed by atoms with Gasteiger partial charge >= 0.3 is 33.6 Å². The Labute approximate surface area is 663 Å². The van der Waals surface area contributed by atoms with Crippen LogP contribution in [0.25, 0.3) is 0 Å². The second-order valence-electron chi connectivity index (χ2n) is 28.2. The van der Waals surface area contributed by atoms with Gasteiger partial charge in [-0.15, -0.1) is 0 Å². The molecule has 0 aromatic rings. The number of phosphoric acid groups is 2. The summed E-state index contributed by atoms with van der Waals surface area (Å²) in [6.07, 6.45) is 105.